The van der Waals surface area contributed by atoms with E-state index < -0.39 is 11.8 Å². The predicted molar refractivity (Wildman–Crippen MR) is 95.0 cm³/mol. The number of methoxy groups -OCH3 is 1. The van der Waals surface area contributed by atoms with E-state index in [1.54, 1.807) is 37.5 Å². The smallest absolute Gasteiger partial charge is 0.276 e. The van der Waals surface area contributed by atoms with Gasteiger partial charge in [0.2, 0.25) is 0 Å². The van der Waals surface area contributed by atoms with E-state index in [9.17, 15) is 9.59 Å². The van der Waals surface area contributed by atoms with Crippen molar-refractivity contribution in [3.63, 3.8) is 0 Å². The lowest BCUT2D eigenvalue weighted by atomic mass is 10.1. The van der Waals surface area contributed by atoms with Crippen LogP contribution in [0.4, 0.5) is 0 Å². The van der Waals surface area contributed by atoms with Crippen molar-refractivity contribution in [1.82, 2.24) is 10.9 Å². The summed E-state index contributed by atoms with van der Waals surface area (Å²) in [5, 5.41) is 0. The third kappa shape index (κ3) is 6.39. The van der Waals surface area contributed by atoms with Crippen molar-refractivity contribution in [2.45, 2.75) is 6.92 Å². The molecule has 0 aliphatic rings. The molecule has 6 nitrogen and oxygen atoms in total. The van der Waals surface area contributed by atoms with Crippen LogP contribution in [0.3, 0.4) is 0 Å². The van der Waals surface area contributed by atoms with Crippen molar-refractivity contribution < 1.29 is 19.1 Å². The SMILES string of the molecule is COc1ccc(OCC(=O)NNC(=O)C=Cc2ccc(C)cc2)cc1. The third-order valence-electron chi connectivity index (χ3n) is 3.26. The summed E-state index contributed by atoms with van der Waals surface area (Å²) in [4.78, 5) is 23.3. The van der Waals surface area contributed by atoms with Crippen LogP contribution in [0.2, 0.25) is 0 Å². The molecule has 0 bridgehead atoms. The van der Waals surface area contributed by atoms with Crippen LogP contribution in [0.15, 0.2) is 54.6 Å². The number of hydrogen-bond donors (Lipinski definition) is 2. The molecule has 0 fully saturated rings. The highest BCUT2D eigenvalue weighted by Crippen LogP contribution is 2.16. The molecular weight excluding hydrogens is 320 g/mol. The Bertz CT molecular complexity index is 737. The van der Waals surface area contributed by atoms with Crippen molar-refractivity contribution in [2.24, 2.45) is 0 Å². The van der Waals surface area contributed by atoms with Gasteiger partial charge in [-0.1, -0.05) is 29.8 Å². The molecular formula is C19H20N2O4. The molecule has 2 aromatic rings. The van der Waals surface area contributed by atoms with Crippen molar-refractivity contribution in [3.8, 4) is 11.5 Å². The highest BCUT2D eigenvalue weighted by molar-refractivity contribution is 5.93. The number of rotatable bonds is 6. The second kappa shape index (κ2) is 9.12. The lowest BCUT2D eigenvalue weighted by Crippen LogP contribution is -2.43. The van der Waals surface area contributed by atoms with E-state index in [-0.39, 0.29) is 6.61 Å². The number of carbonyl (C=O) groups excluding carboxylic acids is 2. The standard InChI is InChI=1S/C19H20N2O4/c1-14-3-5-15(6-4-14)7-12-18(22)20-21-19(23)13-25-17-10-8-16(24-2)9-11-17/h3-12H,13H2,1-2H3,(H,20,22)(H,21,23). The van der Waals surface area contributed by atoms with Gasteiger partial charge in [-0.2, -0.15) is 0 Å². The minimum absolute atomic E-state index is 0.214. The number of aryl methyl sites for hydroxylation is 1. The molecule has 0 saturated carbocycles. The second-order valence-corrected chi connectivity index (χ2v) is 5.25. The highest BCUT2D eigenvalue weighted by atomic mass is 16.5. The first-order valence-corrected chi connectivity index (χ1v) is 7.67. The van der Waals surface area contributed by atoms with Crippen LogP contribution in [-0.2, 0) is 9.59 Å². The van der Waals surface area contributed by atoms with Gasteiger partial charge in [-0.3, -0.25) is 20.4 Å². The molecule has 2 N–H and O–H groups in total. The van der Waals surface area contributed by atoms with Crippen LogP contribution in [0.5, 0.6) is 11.5 Å². The van der Waals surface area contributed by atoms with E-state index in [1.807, 2.05) is 31.2 Å². The van der Waals surface area contributed by atoms with Crippen molar-refractivity contribution >= 4 is 17.9 Å². The van der Waals surface area contributed by atoms with E-state index in [0.717, 1.165) is 11.1 Å². The summed E-state index contributed by atoms with van der Waals surface area (Å²) in [6.45, 7) is 1.78. The van der Waals surface area contributed by atoms with Gasteiger partial charge in [-0.05, 0) is 42.8 Å². The zero-order valence-corrected chi connectivity index (χ0v) is 14.1. The van der Waals surface area contributed by atoms with Gasteiger partial charge in [0.05, 0.1) is 7.11 Å². The van der Waals surface area contributed by atoms with Crippen molar-refractivity contribution in [3.05, 3.63) is 65.7 Å². The molecule has 0 aliphatic heterocycles. The number of amides is 2. The fraction of sp³-hybridized carbons (Fsp3) is 0.158. The molecule has 0 atom stereocenters. The van der Waals surface area contributed by atoms with E-state index >= 15 is 0 Å². The molecule has 0 unspecified atom stereocenters. The van der Waals surface area contributed by atoms with Crippen molar-refractivity contribution in [2.75, 3.05) is 13.7 Å². The van der Waals surface area contributed by atoms with Crippen LogP contribution in [-0.4, -0.2) is 25.5 Å². The van der Waals surface area contributed by atoms with Gasteiger partial charge in [-0.15, -0.1) is 0 Å². The van der Waals surface area contributed by atoms with Gasteiger partial charge in [0, 0.05) is 6.08 Å². The molecule has 0 spiro atoms. The molecule has 2 rings (SSSR count). The predicted octanol–water partition coefficient (Wildman–Crippen LogP) is 2.24. The minimum Gasteiger partial charge on any atom is -0.497 e. The lowest BCUT2D eigenvalue weighted by molar-refractivity contribution is -0.128. The fourth-order valence-corrected chi connectivity index (χ4v) is 1.88. The number of nitrogens with one attached hydrogen (secondary N) is 2. The Morgan fingerprint density at radius 2 is 1.60 bits per heavy atom. The Kier molecular flexibility index (Phi) is 6.59. The molecule has 0 aliphatic carbocycles. The van der Waals surface area contributed by atoms with Gasteiger partial charge in [-0.25, -0.2) is 0 Å². The largest absolute Gasteiger partial charge is 0.497 e. The summed E-state index contributed by atoms with van der Waals surface area (Å²) in [6.07, 6.45) is 3.00. The molecule has 6 heteroatoms. The molecule has 2 amide bonds. The third-order valence-corrected chi connectivity index (χ3v) is 3.26. The molecule has 2 aromatic carbocycles. The first-order chi connectivity index (χ1) is 12.1. The highest BCUT2D eigenvalue weighted by Gasteiger charge is 2.04. The van der Waals surface area contributed by atoms with Crippen LogP contribution < -0.4 is 20.3 Å². The summed E-state index contributed by atoms with van der Waals surface area (Å²) in [5.41, 5.74) is 6.62. The normalized spacial score (nSPS) is 10.3. The Morgan fingerprint density at radius 1 is 0.960 bits per heavy atom. The number of benzene rings is 2. The Labute approximate surface area is 146 Å². The van der Waals surface area contributed by atoms with E-state index in [2.05, 4.69) is 10.9 Å². The van der Waals surface area contributed by atoms with E-state index in [0.29, 0.717) is 11.5 Å². The molecule has 0 saturated heterocycles. The second-order valence-electron chi connectivity index (χ2n) is 5.25. The summed E-state index contributed by atoms with van der Waals surface area (Å²) in [5.74, 6) is 0.331. The zero-order valence-electron chi connectivity index (χ0n) is 14.1. The summed E-state index contributed by atoms with van der Waals surface area (Å²) >= 11 is 0. The molecule has 0 heterocycles. The van der Waals surface area contributed by atoms with Crippen LogP contribution in [0, 0.1) is 6.92 Å². The van der Waals surface area contributed by atoms with Crippen LogP contribution >= 0.6 is 0 Å². The van der Waals surface area contributed by atoms with E-state index in [1.165, 1.54) is 6.08 Å². The number of ether oxygens (including phenoxy) is 2. The maximum absolute atomic E-state index is 11.7. The van der Waals surface area contributed by atoms with Gasteiger partial charge in [0.25, 0.3) is 11.8 Å². The van der Waals surface area contributed by atoms with Gasteiger partial charge in [0.1, 0.15) is 11.5 Å². The summed E-state index contributed by atoms with van der Waals surface area (Å²) in [6, 6.07) is 14.5. The van der Waals surface area contributed by atoms with Gasteiger partial charge >= 0.3 is 0 Å². The Balaban J connectivity index is 1.71. The molecule has 0 aromatic heterocycles. The van der Waals surface area contributed by atoms with E-state index in [4.69, 9.17) is 9.47 Å². The molecule has 25 heavy (non-hydrogen) atoms. The maximum Gasteiger partial charge on any atom is 0.276 e. The maximum atomic E-state index is 11.7. The topological polar surface area (TPSA) is 76.7 Å². The molecule has 0 radical (unpaired) electrons. The average molecular weight is 340 g/mol. The Hall–Kier alpha value is -3.28. The summed E-state index contributed by atoms with van der Waals surface area (Å²) in [7, 11) is 1.57. The first-order valence-electron chi connectivity index (χ1n) is 7.67. The van der Waals surface area contributed by atoms with Crippen LogP contribution in [0.25, 0.3) is 6.08 Å². The minimum atomic E-state index is -0.465. The lowest BCUT2D eigenvalue weighted by Gasteiger charge is -2.08. The fourth-order valence-electron chi connectivity index (χ4n) is 1.88. The zero-order chi connectivity index (χ0) is 18.1. The average Bonchev–Trinajstić information content (AvgIpc) is 2.64. The number of carbonyl (C=O) groups is 2. The number of hydrazine groups is 1. The monoisotopic (exact) mass is 340 g/mol. The van der Waals surface area contributed by atoms with Gasteiger partial charge < -0.3 is 9.47 Å². The summed E-state index contributed by atoms with van der Waals surface area (Å²) < 4.78 is 10.3. The van der Waals surface area contributed by atoms with Gasteiger partial charge in [0.15, 0.2) is 6.61 Å². The first kappa shape index (κ1) is 18.1. The van der Waals surface area contributed by atoms with Crippen LogP contribution in [0.1, 0.15) is 11.1 Å². The quantitative estimate of drug-likeness (QED) is 0.625. The Morgan fingerprint density at radius 3 is 2.24 bits per heavy atom. The van der Waals surface area contributed by atoms with Crippen molar-refractivity contribution in [1.29, 1.82) is 0 Å². The number of hydrogen-bond acceptors (Lipinski definition) is 4. The molecule has 130 valence electrons.